The Kier molecular flexibility index (Phi) is 4.13. The molecule has 0 spiro atoms. The van der Waals surface area contributed by atoms with Gasteiger partial charge in [0.1, 0.15) is 5.82 Å². The van der Waals surface area contributed by atoms with Crippen LogP contribution in [0.1, 0.15) is 20.8 Å². The topological polar surface area (TPSA) is 15.3 Å². The van der Waals surface area contributed by atoms with E-state index >= 15 is 0 Å². The SMILES string of the molecule is CC1CN(c2ccc(F)cc2Cl)C(C(C)C)CN1. The first-order valence-corrected chi connectivity index (χ1v) is 6.82. The maximum absolute atomic E-state index is 13.1. The normalized spacial score (nSPS) is 24.7. The molecule has 1 aliphatic rings. The monoisotopic (exact) mass is 270 g/mol. The van der Waals surface area contributed by atoms with Crippen LogP contribution in [-0.2, 0) is 0 Å². The van der Waals surface area contributed by atoms with Crippen LogP contribution in [0.4, 0.5) is 10.1 Å². The van der Waals surface area contributed by atoms with Gasteiger partial charge in [0.2, 0.25) is 0 Å². The third kappa shape index (κ3) is 2.78. The molecule has 0 radical (unpaired) electrons. The zero-order chi connectivity index (χ0) is 13.3. The van der Waals surface area contributed by atoms with Crippen LogP contribution in [0.3, 0.4) is 0 Å². The van der Waals surface area contributed by atoms with E-state index in [-0.39, 0.29) is 5.82 Å². The molecule has 100 valence electrons. The van der Waals surface area contributed by atoms with Crippen molar-refractivity contribution in [2.45, 2.75) is 32.9 Å². The molecule has 0 aromatic heterocycles. The zero-order valence-corrected chi connectivity index (χ0v) is 11.8. The average molecular weight is 271 g/mol. The van der Waals surface area contributed by atoms with Gasteiger partial charge in [0.25, 0.3) is 0 Å². The fourth-order valence-electron chi connectivity index (χ4n) is 2.51. The lowest BCUT2D eigenvalue weighted by atomic mass is 9.98. The molecule has 1 aromatic carbocycles. The number of rotatable bonds is 2. The summed E-state index contributed by atoms with van der Waals surface area (Å²) in [6, 6.07) is 5.46. The molecule has 0 saturated carbocycles. The van der Waals surface area contributed by atoms with Crippen LogP contribution in [0, 0.1) is 11.7 Å². The van der Waals surface area contributed by atoms with E-state index in [4.69, 9.17) is 11.6 Å². The highest BCUT2D eigenvalue weighted by Crippen LogP contribution is 2.31. The van der Waals surface area contributed by atoms with E-state index < -0.39 is 0 Å². The second-order valence-electron chi connectivity index (χ2n) is 5.37. The minimum atomic E-state index is -0.284. The van der Waals surface area contributed by atoms with E-state index in [1.807, 2.05) is 0 Å². The van der Waals surface area contributed by atoms with Crippen molar-refractivity contribution in [1.82, 2.24) is 5.32 Å². The summed E-state index contributed by atoms with van der Waals surface area (Å²) in [5.74, 6) is 0.235. The highest BCUT2D eigenvalue weighted by molar-refractivity contribution is 6.33. The largest absolute Gasteiger partial charge is 0.364 e. The molecule has 1 N–H and O–H groups in total. The fraction of sp³-hybridized carbons (Fsp3) is 0.571. The highest BCUT2D eigenvalue weighted by Gasteiger charge is 2.29. The molecule has 1 fully saturated rings. The van der Waals surface area contributed by atoms with Gasteiger partial charge >= 0.3 is 0 Å². The van der Waals surface area contributed by atoms with E-state index in [0.717, 1.165) is 18.8 Å². The maximum atomic E-state index is 13.1. The Balaban J connectivity index is 2.32. The van der Waals surface area contributed by atoms with Crippen molar-refractivity contribution in [2.24, 2.45) is 5.92 Å². The quantitative estimate of drug-likeness (QED) is 0.887. The predicted octanol–water partition coefficient (Wildman–Crippen LogP) is 3.30. The number of halogens is 2. The summed E-state index contributed by atoms with van der Waals surface area (Å²) in [6.07, 6.45) is 0. The van der Waals surface area contributed by atoms with Gasteiger partial charge < -0.3 is 10.2 Å². The first kappa shape index (κ1) is 13.6. The van der Waals surface area contributed by atoms with Crippen LogP contribution in [0.15, 0.2) is 18.2 Å². The van der Waals surface area contributed by atoms with E-state index in [0.29, 0.717) is 23.0 Å². The lowest BCUT2D eigenvalue weighted by molar-refractivity contribution is 0.349. The molecular weight excluding hydrogens is 251 g/mol. The summed E-state index contributed by atoms with van der Waals surface area (Å²) in [7, 11) is 0. The molecule has 2 rings (SSSR count). The molecule has 1 saturated heterocycles. The maximum Gasteiger partial charge on any atom is 0.124 e. The molecule has 0 aliphatic carbocycles. The molecule has 1 aliphatic heterocycles. The van der Waals surface area contributed by atoms with Crippen molar-refractivity contribution in [1.29, 1.82) is 0 Å². The summed E-state index contributed by atoms with van der Waals surface area (Å²) < 4.78 is 13.1. The fourth-order valence-corrected chi connectivity index (χ4v) is 2.79. The molecule has 2 unspecified atom stereocenters. The summed E-state index contributed by atoms with van der Waals surface area (Å²) in [5, 5.41) is 3.98. The van der Waals surface area contributed by atoms with Crippen LogP contribution >= 0.6 is 11.6 Å². The molecule has 4 heteroatoms. The molecule has 1 aromatic rings. The number of nitrogens with zero attached hydrogens (tertiary/aromatic N) is 1. The van der Waals surface area contributed by atoms with Crippen LogP contribution in [-0.4, -0.2) is 25.2 Å². The smallest absolute Gasteiger partial charge is 0.124 e. The predicted molar refractivity (Wildman–Crippen MR) is 74.8 cm³/mol. The van der Waals surface area contributed by atoms with Crippen LogP contribution in [0.5, 0.6) is 0 Å². The zero-order valence-electron chi connectivity index (χ0n) is 11.1. The van der Waals surface area contributed by atoms with Crippen molar-refractivity contribution >= 4 is 17.3 Å². The van der Waals surface area contributed by atoms with E-state index in [2.05, 4.69) is 31.0 Å². The van der Waals surface area contributed by atoms with Gasteiger partial charge in [-0.3, -0.25) is 0 Å². The second kappa shape index (κ2) is 5.45. The van der Waals surface area contributed by atoms with Gasteiger partial charge in [0.15, 0.2) is 0 Å². The van der Waals surface area contributed by atoms with Gasteiger partial charge in [0.05, 0.1) is 10.7 Å². The summed E-state index contributed by atoms with van der Waals surface area (Å²) in [4.78, 5) is 2.30. The summed E-state index contributed by atoms with van der Waals surface area (Å²) >= 11 is 6.18. The first-order chi connectivity index (χ1) is 8.49. The molecule has 2 atom stereocenters. The Morgan fingerprint density at radius 1 is 1.44 bits per heavy atom. The molecule has 18 heavy (non-hydrogen) atoms. The number of benzene rings is 1. The van der Waals surface area contributed by atoms with Gasteiger partial charge in [-0.15, -0.1) is 0 Å². The summed E-state index contributed by atoms with van der Waals surface area (Å²) in [6.45, 7) is 8.39. The standard InChI is InChI=1S/C14H20ClFN2/c1-9(2)14-7-17-10(3)8-18(14)13-5-4-11(16)6-12(13)15/h4-6,9-10,14,17H,7-8H2,1-3H3. The first-order valence-electron chi connectivity index (χ1n) is 6.44. The van der Waals surface area contributed by atoms with Crippen molar-refractivity contribution in [3.05, 3.63) is 29.0 Å². The van der Waals surface area contributed by atoms with E-state index in [1.54, 1.807) is 6.07 Å². The van der Waals surface area contributed by atoms with Crippen LogP contribution in [0.25, 0.3) is 0 Å². The highest BCUT2D eigenvalue weighted by atomic mass is 35.5. The number of hydrogen-bond donors (Lipinski definition) is 1. The van der Waals surface area contributed by atoms with Gasteiger partial charge in [-0.2, -0.15) is 0 Å². The van der Waals surface area contributed by atoms with E-state index in [1.165, 1.54) is 12.1 Å². The number of hydrogen-bond acceptors (Lipinski definition) is 2. The Labute approximate surface area is 113 Å². The number of piperazine rings is 1. The van der Waals surface area contributed by atoms with E-state index in [9.17, 15) is 4.39 Å². The van der Waals surface area contributed by atoms with Gasteiger partial charge in [-0.25, -0.2) is 4.39 Å². The van der Waals surface area contributed by atoms with Crippen molar-refractivity contribution in [3.63, 3.8) is 0 Å². The number of nitrogens with one attached hydrogen (secondary N) is 1. The van der Waals surface area contributed by atoms with Crippen molar-refractivity contribution < 1.29 is 4.39 Å². The van der Waals surface area contributed by atoms with Crippen LogP contribution in [0.2, 0.25) is 5.02 Å². The third-order valence-corrected chi connectivity index (χ3v) is 3.84. The minimum Gasteiger partial charge on any atom is -0.364 e. The van der Waals surface area contributed by atoms with Gasteiger partial charge in [-0.1, -0.05) is 25.4 Å². The second-order valence-corrected chi connectivity index (χ2v) is 5.78. The molecule has 0 bridgehead atoms. The Bertz CT molecular complexity index is 422. The van der Waals surface area contributed by atoms with Crippen molar-refractivity contribution in [3.8, 4) is 0 Å². The van der Waals surface area contributed by atoms with Gasteiger partial charge in [-0.05, 0) is 31.0 Å². The van der Waals surface area contributed by atoms with Crippen molar-refractivity contribution in [2.75, 3.05) is 18.0 Å². The Morgan fingerprint density at radius 2 is 2.17 bits per heavy atom. The Hall–Kier alpha value is -0.800. The van der Waals surface area contributed by atoms with Gasteiger partial charge in [0, 0.05) is 25.2 Å². The minimum absolute atomic E-state index is 0.284. The third-order valence-electron chi connectivity index (χ3n) is 3.54. The number of anilines is 1. The molecule has 1 heterocycles. The summed E-state index contributed by atoms with van der Waals surface area (Å²) in [5.41, 5.74) is 0.935. The molecular formula is C14H20ClFN2. The lowest BCUT2D eigenvalue weighted by Crippen LogP contribution is -2.57. The molecule has 0 amide bonds. The average Bonchev–Trinajstić information content (AvgIpc) is 2.28. The van der Waals surface area contributed by atoms with Crippen LogP contribution < -0.4 is 10.2 Å². The molecule has 2 nitrogen and oxygen atoms in total. The Morgan fingerprint density at radius 3 is 2.78 bits per heavy atom. The lowest BCUT2D eigenvalue weighted by Gasteiger charge is -2.43.